The summed E-state index contributed by atoms with van der Waals surface area (Å²) in [6.45, 7) is 1.68. The Kier molecular flexibility index (Phi) is 5.70. The molecule has 0 spiro atoms. The van der Waals surface area contributed by atoms with Crippen LogP contribution in [0.1, 0.15) is 30.3 Å². The van der Waals surface area contributed by atoms with Crippen LogP contribution in [0.3, 0.4) is 0 Å². The molecule has 28 heavy (non-hydrogen) atoms. The van der Waals surface area contributed by atoms with Gasteiger partial charge in [0.2, 0.25) is 5.91 Å². The van der Waals surface area contributed by atoms with Gasteiger partial charge in [0.1, 0.15) is 11.9 Å². The van der Waals surface area contributed by atoms with Gasteiger partial charge in [-0.2, -0.15) is 0 Å². The molecule has 4 rings (SSSR count). The highest BCUT2D eigenvalue weighted by molar-refractivity contribution is 9.10. The summed E-state index contributed by atoms with van der Waals surface area (Å²) in [5, 5.41) is 12.8. The van der Waals surface area contributed by atoms with E-state index in [1.807, 2.05) is 36.4 Å². The van der Waals surface area contributed by atoms with E-state index in [-0.39, 0.29) is 18.1 Å². The van der Waals surface area contributed by atoms with Crippen molar-refractivity contribution in [1.82, 2.24) is 25.2 Å². The van der Waals surface area contributed by atoms with Crippen LogP contribution in [0.2, 0.25) is 0 Å². The number of rotatable bonds is 5. The minimum Gasteiger partial charge on any atom is -0.393 e. The Morgan fingerprint density at radius 3 is 2.82 bits per heavy atom. The second kappa shape index (κ2) is 8.38. The van der Waals surface area contributed by atoms with Gasteiger partial charge in [0.15, 0.2) is 5.65 Å². The summed E-state index contributed by atoms with van der Waals surface area (Å²) in [6, 6.07) is 11.3. The highest BCUT2D eigenvalue weighted by Gasteiger charge is 2.30. The van der Waals surface area contributed by atoms with Gasteiger partial charge in [-0.15, -0.1) is 0 Å². The van der Waals surface area contributed by atoms with E-state index in [0.29, 0.717) is 43.9 Å². The van der Waals surface area contributed by atoms with Gasteiger partial charge in [-0.1, -0.05) is 30.3 Å². The molecule has 1 saturated heterocycles. The third kappa shape index (κ3) is 4.24. The van der Waals surface area contributed by atoms with Gasteiger partial charge in [0.05, 0.1) is 18.2 Å². The number of piperidine rings is 1. The molecule has 0 saturated carbocycles. The Bertz CT molecular complexity index is 954. The maximum Gasteiger partial charge on any atom is 0.242 e. The Labute approximate surface area is 171 Å². The van der Waals surface area contributed by atoms with Gasteiger partial charge < -0.3 is 15.4 Å². The van der Waals surface area contributed by atoms with Crippen molar-refractivity contribution in [2.24, 2.45) is 0 Å². The summed E-state index contributed by atoms with van der Waals surface area (Å²) >= 11 is 3.39. The van der Waals surface area contributed by atoms with Crippen LogP contribution in [-0.2, 0) is 11.3 Å². The molecule has 1 aliphatic heterocycles. The van der Waals surface area contributed by atoms with Gasteiger partial charge in [0, 0.05) is 23.8 Å². The highest BCUT2D eigenvalue weighted by Crippen LogP contribution is 2.25. The topological polar surface area (TPSA) is 94.1 Å². The lowest BCUT2D eigenvalue weighted by Crippen LogP contribution is -2.45. The maximum absolute atomic E-state index is 13.1. The molecule has 0 aliphatic carbocycles. The number of pyridine rings is 1. The number of hydrogen-bond acceptors (Lipinski definition) is 5. The van der Waals surface area contributed by atoms with Crippen LogP contribution in [0.4, 0.5) is 0 Å². The summed E-state index contributed by atoms with van der Waals surface area (Å²) in [4.78, 5) is 27.1. The Morgan fingerprint density at radius 1 is 1.32 bits per heavy atom. The molecule has 1 aromatic carbocycles. The molecule has 0 radical (unpaired) electrons. The number of halogens is 1. The van der Waals surface area contributed by atoms with Crippen LogP contribution in [-0.4, -0.2) is 50.1 Å². The molecule has 146 valence electrons. The van der Waals surface area contributed by atoms with E-state index in [1.165, 1.54) is 0 Å². The van der Waals surface area contributed by atoms with E-state index in [9.17, 15) is 9.90 Å². The first-order valence-electron chi connectivity index (χ1n) is 9.35. The summed E-state index contributed by atoms with van der Waals surface area (Å²) in [7, 11) is 0. The molecule has 1 amide bonds. The molecule has 3 aromatic rings. The van der Waals surface area contributed by atoms with Crippen LogP contribution in [0.25, 0.3) is 11.2 Å². The molecule has 1 atom stereocenters. The van der Waals surface area contributed by atoms with Crippen LogP contribution >= 0.6 is 15.9 Å². The van der Waals surface area contributed by atoms with Crippen molar-refractivity contribution in [3.05, 3.63) is 58.5 Å². The zero-order valence-electron chi connectivity index (χ0n) is 15.3. The number of hydrogen-bond donors (Lipinski definition) is 3. The Balaban J connectivity index is 1.50. The van der Waals surface area contributed by atoms with Crippen LogP contribution in [0, 0.1) is 0 Å². The standard InChI is InChI=1S/C20H22BrN5O2/c21-14-10-16-19(22-11-14)25-17(24-16)12-23-20(28)18(13-4-2-1-3-5-13)26-8-6-15(27)7-9-26/h1-5,10-11,15,18,27H,6-9,12H2,(H,23,28)(H,22,24,25). The van der Waals surface area contributed by atoms with E-state index in [4.69, 9.17) is 0 Å². The molecule has 0 bridgehead atoms. The molecular weight excluding hydrogens is 422 g/mol. The normalized spacial score (nSPS) is 16.9. The van der Waals surface area contributed by atoms with Crippen molar-refractivity contribution in [2.75, 3.05) is 13.1 Å². The smallest absolute Gasteiger partial charge is 0.242 e. The number of nitrogens with one attached hydrogen (secondary N) is 2. The van der Waals surface area contributed by atoms with Gasteiger partial charge >= 0.3 is 0 Å². The predicted molar refractivity (Wildman–Crippen MR) is 109 cm³/mol. The number of fused-ring (bicyclic) bond motifs is 1. The lowest BCUT2D eigenvalue weighted by atomic mass is 10.00. The van der Waals surface area contributed by atoms with Gasteiger partial charge in [-0.3, -0.25) is 9.69 Å². The number of likely N-dealkylation sites (tertiary alicyclic amines) is 1. The second-order valence-electron chi connectivity index (χ2n) is 7.01. The molecular formula is C20H22BrN5O2. The van der Waals surface area contributed by atoms with Crippen molar-refractivity contribution in [3.63, 3.8) is 0 Å². The SMILES string of the molecule is O=C(NCc1nc2ncc(Br)cc2[nH]1)C(c1ccccc1)N1CCC(O)CC1. The van der Waals surface area contributed by atoms with Crippen LogP contribution in [0.5, 0.6) is 0 Å². The van der Waals surface area contributed by atoms with E-state index in [2.05, 4.69) is 41.1 Å². The molecule has 3 heterocycles. The first kappa shape index (κ1) is 19.0. The Morgan fingerprint density at radius 2 is 2.07 bits per heavy atom. The number of H-pyrrole nitrogens is 1. The third-order valence-corrected chi connectivity index (χ3v) is 5.44. The third-order valence-electron chi connectivity index (χ3n) is 5.01. The molecule has 2 aromatic heterocycles. The van der Waals surface area contributed by atoms with Gasteiger partial charge in [-0.05, 0) is 40.4 Å². The summed E-state index contributed by atoms with van der Waals surface area (Å²) < 4.78 is 0.871. The number of imidazole rings is 1. The summed E-state index contributed by atoms with van der Waals surface area (Å²) in [5.74, 6) is 0.590. The van der Waals surface area contributed by atoms with Crippen molar-refractivity contribution in [3.8, 4) is 0 Å². The number of nitrogens with zero attached hydrogens (tertiary/aromatic N) is 3. The first-order chi connectivity index (χ1) is 13.6. The zero-order chi connectivity index (χ0) is 19.5. The number of carbonyl (C=O) groups is 1. The molecule has 8 heteroatoms. The summed E-state index contributed by atoms with van der Waals surface area (Å²) in [6.07, 6.45) is 2.78. The fourth-order valence-electron chi connectivity index (χ4n) is 3.58. The van der Waals surface area contributed by atoms with E-state index >= 15 is 0 Å². The number of aliphatic hydroxyl groups is 1. The van der Waals surface area contributed by atoms with Crippen LogP contribution in [0.15, 0.2) is 47.1 Å². The number of carbonyl (C=O) groups excluding carboxylic acids is 1. The largest absolute Gasteiger partial charge is 0.393 e. The zero-order valence-corrected chi connectivity index (χ0v) is 16.9. The number of aromatic amines is 1. The summed E-state index contributed by atoms with van der Waals surface area (Å²) in [5.41, 5.74) is 2.40. The molecule has 1 unspecified atom stereocenters. The number of benzene rings is 1. The van der Waals surface area contributed by atoms with Crippen molar-refractivity contribution in [2.45, 2.75) is 31.5 Å². The predicted octanol–water partition coefficient (Wildman–Crippen LogP) is 2.53. The fourth-order valence-corrected chi connectivity index (χ4v) is 3.91. The van der Waals surface area contributed by atoms with E-state index in [1.54, 1.807) is 6.20 Å². The lowest BCUT2D eigenvalue weighted by molar-refractivity contribution is -0.127. The van der Waals surface area contributed by atoms with Crippen molar-refractivity contribution in [1.29, 1.82) is 0 Å². The van der Waals surface area contributed by atoms with Gasteiger partial charge in [-0.25, -0.2) is 9.97 Å². The second-order valence-corrected chi connectivity index (χ2v) is 7.92. The molecule has 7 nitrogen and oxygen atoms in total. The van der Waals surface area contributed by atoms with Crippen molar-refractivity contribution < 1.29 is 9.90 Å². The molecule has 1 aliphatic rings. The van der Waals surface area contributed by atoms with E-state index < -0.39 is 0 Å². The minimum atomic E-state index is -0.384. The van der Waals surface area contributed by atoms with E-state index in [0.717, 1.165) is 15.6 Å². The fraction of sp³-hybridized carbons (Fsp3) is 0.350. The van der Waals surface area contributed by atoms with Crippen LogP contribution < -0.4 is 5.32 Å². The van der Waals surface area contributed by atoms with Crippen molar-refractivity contribution >= 4 is 33.0 Å². The highest BCUT2D eigenvalue weighted by atomic mass is 79.9. The lowest BCUT2D eigenvalue weighted by Gasteiger charge is -2.35. The Hall–Kier alpha value is -2.29. The quantitative estimate of drug-likeness (QED) is 0.563. The molecule has 3 N–H and O–H groups in total. The number of aliphatic hydroxyl groups excluding tert-OH is 1. The number of amides is 1. The average Bonchev–Trinajstić information content (AvgIpc) is 3.11. The maximum atomic E-state index is 13.1. The number of aromatic nitrogens is 3. The minimum absolute atomic E-state index is 0.0721. The monoisotopic (exact) mass is 443 g/mol. The average molecular weight is 444 g/mol. The first-order valence-corrected chi connectivity index (χ1v) is 10.1. The molecule has 1 fully saturated rings. The van der Waals surface area contributed by atoms with Gasteiger partial charge in [0.25, 0.3) is 0 Å².